The normalized spacial score (nSPS) is 19.6. The van der Waals surface area contributed by atoms with Gasteiger partial charge in [0.25, 0.3) is 5.91 Å². The highest BCUT2D eigenvalue weighted by molar-refractivity contribution is 7.85. The van der Waals surface area contributed by atoms with E-state index in [-0.39, 0.29) is 30.9 Å². The summed E-state index contributed by atoms with van der Waals surface area (Å²) in [5.74, 6) is -2.51. The van der Waals surface area contributed by atoms with Crippen molar-refractivity contribution < 1.29 is 37.6 Å². The van der Waals surface area contributed by atoms with Crippen LogP contribution in [-0.4, -0.2) is 58.1 Å². The predicted molar refractivity (Wildman–Crippen MR) is 99.0 cm³/mol. The van der Waals surface area contributed by atoms with Gasteiger partial charge in [0.05, 0.1) is 0 Å². The molecule has 29 heavy (non-hydrogen) atoms. The minimum Gasteiger partial charge on any atom is -0.506 e. The van der Waals surface area contributed by atoms with E-state index in [1.165, 1.54) is 30.9 Å². The first-order valence-corrected chi connectivity index (χ1v) is 9.60. The van der Waals surface area contributed by atoms with Crippen molar-refractivity contribution in [3.63, 3.8) is 0 Å². The van der Waals surface area contributed by atoms with Gasteiger partial charge >= 0.3 is 12.1 Å². The van der Waals surface area contributed by atoms with E-state index in [2.05, 4.69) is 4.72 Å². The molecule has 1 fully saturated rings. The van der Waals surface area contributed by atoms with Crippen LogP contribution < -0.4 is 9.03 Å². The fourth-order valence-electron chi connectivity index (χ4n) is 2.94. The smallest absolute Gasteiger partial charge is 0.413 e. The molecule has 1 saturated heterocycles. The lowest BCUT2D eigenvalue weighted by atomic mass is 10.0. The minimum atomic E-state index is -2.01. The van der Waals surface area contributed by atoms with Gasteiger partial charge in [0, 0.05) is 32.5 Å². The summed E-state index contributed by atoms with van der Waals surface area (Å²) in [7, 11) is 0. The Bertz CT molecular complexity index is 936. The molecule has 2 aliphatic rings. The molecule has 10 nitrogen and oxygen atoms in total. The molecule has 2 aliphatic heterocycles. The van der Waals surface area contributed by atoms with E-state index in [1.807, 2.05) is 0 Å². The molecule has 2 heterocycles. The maximum absolute atomic E-state index is 15.1. The number of hydrogen-bond donors (Lipinski definition) is 2. The van der Waals surface area contributed by atoms with E-state index in [4.69, 9.17) is 9.47 Å². The number of amides is 2. The number of phenols is 1. The lowest BCUT2D eigenvalue weighted by Gasteiger charge is -2.20. The lowest BCUT2D eigenvalue weighted by molar-refractivity contribution is -0.163. The molecule has 3 rings (SSSR count). The molecule has 2 atom stereocenters. The average molecular weight is 427 g/mol. The first-order chi connectivity index (χ1) is 13.7. The van der Waals surface area contributed by atoms with Crippen molar-refractivity contribution in [2.75, 3.05) is 23.9 Å². The van der Waals surface area contributed by atoms with Gasteiger partial charge in [0.1, 0.15) is 18.0 Å². The van der Waals surface area contributed by atoms with Crippen molar-refractivity contribution in [1.29, 1.82) is 0 Å². The number of phenolic OH excluding ortho intramolecular Hbond substituents is 1. The van der Waals surface area contributed by atoms with Gasteiger partial charge in [0.2, 0.25) is 17.5 Å². The number of carbonyl (C=O) groups is 3. The largest absolute Gasteiger partial charge is 0.506 e. The highest BCUT2D eigenvalue weighted by atomic mass is 32.2. The standard InChI is InChI=1S/C17H18FN3O7S/c1-9(22)27-10(2)28-17(25)20-6-5-11(7-20)12-3-4-13(23)16(15(12)18)21-8-14(24)19-29(21)26/h3-5,10,23H,6-8H2,1-2H3,(H,19,24). The third-order valence-electron chi connectivity index (χ3n) is 4.15. The molecule has 0 spiro atoms. The number of anilines is 1. The van der Waals surface area contributed by atoms with Crippen molar-refractivity contribution >= 4 is 40.4 Å². The van der Waals surface area contributed by atoms with E-state index < -0.39 is 47.0 Å². The Hall–Kier alpha value is -3.15. The number of nitrogens with zero attached hydrogens (tertiary/aromatic N) is 2. The highest BCUT2D eigenvalue weighted by Gasteiger charge is 2.33. The van der Waals surface area contributed by atoms with Crippen LogP contribution in [0.5, 0.6) is 5.75 Å². The molecule has 2 N–H and O–H groups in total. The van der Waals surface area contributed by atoms with E-state index in [1.54, 1.807) is 6.08 Å². The average Bonchev–Trinajstić information content (AvgIpc) is 3.21. The summed E-state index contributed by atoms with van der Waals surface area (Å²) in [5.41, 5.74) is 0.146. The summed E-state index contributed by atoms with van der Waals surface area (Å²) in [6, 6.07) is 2.54. The van der Waals surface area contributed by atoms with E-state index in [9.17, 15) is 23.7 Å². The second kappa shape index (κ2) is 8.07. The van der Waals surface area contributed by atoms with Gasteiger partial charge in [-0.1, -0.05) is 6.08 Å². The predicted octanol–water partition coefficient (Wildman–Crippen LogP) is 0.791. The van der Waals surface area contributed by atoms with Gasteiger partial charge in [-0.3, -0.25) is 18.6 Å². The molecular weight excluding hydrogens is 409 g/mol. The van der Waals surface area contributed by atoms with Crippen molar-refractivity contribution in [1.82, 2.24) is 9.62 Å². The number of rotatable bonds is 4. The molecule has 1 aromatic rings. The fraction of sp³-hybridized carbons (Fsp3) is 0.353. The monoisotopic (exact) mass is 427 g/mol. The molecular formula is C17H18FN3O7S. The van der Waals surface area contributed by atoms with Crippen molar-refractivity contribution in [3.8, 4) is 5.75 Å². The maximum Gasteiger partial charge on any atom is 0.413 e. The van der Waals surface area contributed by atoms with Gasteiger partial charge < -0.3 is 19.5 Å². The van der Waals surface area contributed by atoms with Crippen LogP contribution in [0.4, 0.5) is 14.9 Å². The first-order valence-electron chi connectivity index (χ1n) is 8.50. The number of halogens is 1. The molecule has 0 saturated carbocycles. The van der Waals surface area contributed by atoms with Crippen LogP contribution in [0, 0.1) is 5.82 Å². The summed E-state index contributed by atoms with van der Waals surface area (Å²) in [4.78, 5) is 35.7. The van der Waals surface area contributed by atoms with Gasteiger partial charge in [0.15, 0.2) is 5.82 Å². The minimum absolute atomic E-state index is 0.00697. The number of benzene rings is 1. The lowest BCUT2D eigenvalue weighted by Crippen LogP contribution is -2.33. The third-order valence-corrected chi connectivity index (χ3v) is 5.27. The Morgan fingerprint density at radius 2 is 2.03 bits per heavy atom. The van der Waals surface area contributed by atoms with Crippen molar-refractivity contribution in [2.24, 2.45) is 0 Å². The Morgan fingerprint density at radius 3 is 2.66 bits per heavy atom. The number of esters is 1. The molecule has 2 amide bonds. The zero-order chi connectivity index (χ0) is 21.3. The molecule has 0 bridgehead atoms. The number of nitrogens with one attached hydrogen (secondary N) is 1. The van der Waals surface area contributed by atoms with Crippen LogP contribution in [0.15, 0.2) is 18.2 Å². The fourth-order valence-corrected chi connectivity index (χ4v) is 3.88. The summed E-state index contributed by atoms with van der Waals surface area (Å²) in [6.07, 6.45) is -0.224. The highest BCUT2D eigenvalue weighted by Crippen LogP contribution is 2.37. The van der Waals surface area contributed by atoms with Crippen LogP contribution in [0.2, 0.25) is 0 Å². The zero-order valence-corrected chi connectivity index (χ0v) is 16.3. The molecule has 0 aromatic heterocycles. The van der Waals surface area contributed by atoms with Crippen LogP contribution >= 0.6 is 0 Å². The molecule has 0 aliphatic carbocycles. The quantitative estimate of drug-likeness (QED) is 0.538. The van der Waals surface area contributed by atoms with Gasteiger partial charge in [-0.15, -0.1) is 0 Å². The number of ether oxygens (including phenoxy) is 2. The second-order valence-electron chi connectivity index (χ2n) is 6.28. The summed E-state index contributed by atoms with van der Waals surface area (Å²) >= 11 is -2.01. The van der Waals surface area contributed by atoms with E-state index in [0.717, 1.165) is 4.31 Å². The molecule has 156 valence electrons. The maximum atomic E-state index is 15.1. The Morgan fingerprint density at radius 1 is 1.31 bits per heavy atom. The molecule has 2 unspecified atom stereocenters. The van der Waals surface area contributed by atoms with Crippen LogP contribution in [0.1, 0.15) is 19.4 Å². The van der Waals surface area contributed by atoms with Gasteiger partial charge in [-0.2, -0.15) is 0 Å². The van der Waals surface area contributed by atoms with Gasteiger partial charge in [-0.05, 0) is 17.7 Å². The van der Waals surface area contributed by atoms with Crippen LogP contribution in [-0.2, 0) is 30.2 Å². The summed E-state index contributed by atoms with van der Waals surface area (Å²) in [5, 5.41) is 10.0. The topological polar surface area (TPSA) is 125 Å². The Balaban J connectivity index is 1.76. The number of hydrogen-bond acceptors (Lipinski definition) is 7. The zero-order valence-electron chi connectivity index (χ0n) is 15.5. The third kappa shape index (κ3) is 4.31. The van der Waals surface area contributed by atoms with E-state index in [0.29, 0.717) is 5.57 Å². The Labute approximate surface area is 167 Å². The molecule has 0 radical (unpaired) electrons. The number of aromatic hydroxyl groups is 1. The summed E-state index contributed by atoms with van der Waals surface area (Å²) in [6.45, 7) is 2.34. The SMILES string of the molecule is CC(=O)OC(C)OC(=O)N1CC=C(c2ccc(O)c(N3CC(=O)NS3=O)c2F)C1. The molecule has 12 heteroatoms. The second-order valence-corrected chi connectivity index (χ2v) is 7.42. The van der Waals surface area contributed by atoms with Crippen LogP contribution in [0.25, 0.3) is 5.57 Å². The Kier molecular flexibility index (Phi) is 5.73. The number of carbonyl (C=O) groups excluding carboxylic acids is 3. The van der Waals surface area contributed by atoms with Gasteiger partial charge in [-0.25, -0.2) is 13.4 Å². The summed E-state index contributed by atoms with van der Waals surface area (Å²) < 4.78 is 39.8. The van der Waals surface area contributed by atoms with Crippen LogP contribution in [0.3, 0.4) is 0 Å². The van der Waals surface area contributed by atoms with E-state index >= 15 is 4.39 Å². The first kappa shape index (κ1) is 20.6. The van der Waals surface area contributed by atoms with Crippen molar-refractivity contribution in [3.05, 3.63) is 29.6 Å². The molecule has 1 aromatic carbocycles. The van der Waals surface area contributed by atoms with Crippen molar-refractivity contribution in [2.45, 2.75) is 20.1 Å².